The van der Waals surface area contributed by atoms with Crippen LogP contribution in [0, 0.1) is 5.92 Å². The lowest BCUT2D eigenvalue weighted by Crippen LogP contribution is -2.48. The Balaban J connectivity index is 1.33. The van der Waals surface area contributed by atoms with Gasteiger partial charge in [-0.25, -0.2) is 0 Å². The van der Waals surface area contributed by atoms with Gasteiger partial charge in [0.15, 0.2) is 0 Å². The molecule has 0 bridgehead atoms. The molecule has 1 aliphatic carbocycles. The van der Waals surface area contributed by atoms with Crippen molar-refractivity contribution in [2.24, 2.45) is 5.92 Å². The molecule has 10 heteroatoms. The molecule has 3 N–H and O–H groups in total. The number of hydrogen-bond acceptors (Lipinski definition) is 4. The number of hydrogen-bond donors (Lipinski definition) is 3. The number of alkyl halides is 3. The maximum Gasteiger partial charge on any atom is 0.573 e. The third kappa shape index (κ3) is 9.42. The second kappa shape index (κ2) is 14.3. The number of ether oxygens (including phenoxy) is 1. The van der Waals surface area contributed by atoms with E-state index < -0.39 is 12.4 Å². The largest absolute Gasteiger partial charge is 0.573 e. The van der Waals surface area contributed by atoms with Gasteiger partial charge in [0.05, 0.1) is 0 Å². The fraction of sp³-hybridized carbons (Fsp3) is 0.355. The molecule has 0 heterocycles. The molecule has 2 amide bonds. The summed E-state index contributed by atoms with van der Waals surface area (Å²) in [4.78, 5) is 26.3. The molecular formula is C31H33ClF3N3O3. The molecular weight excluding hydrogens is 555 g/mol. The Morgan fingerprint density at radius 2 is 1.59 bits per heavy atom. The zero-order chi connectivity index (χ0) is 29.2. The van der Waals surface area contributed by atoms with Crippen LogP contribution in [0.5, 0.6) is 5.75 Å². The topological polar surface area (TPSA) is 79.5 Å². The summed E-state index contributed by atoms with van der Waals surface area (Å²) < 4.78 is 40.9. The van der Waals surface area contributed by atoms with Crippen molar-refractivity contribution in [3.05, 3.63) is 83.4 Å². The Kier molecular flexibility index (Phi) is 10.5. The smallest absolute Gasteiger partial charge is 0.406 e. The monoisotopic (exact) mass is 587 g/mol. The summed E-state index contributed by atoms with van der Waals surface area (Å²) in [5, 5.41) is 9.48. The van der Waals surface area contributed by atoms with Gasteiger partial charge in [-0.15, -0.1) is 13.2 Å². The van der Waals surface area contributed by atoms with Crippen molar-refractivity contribution < 1.29 is 27.5 Å². The van der Waals surface area contributed by atoms with Crippen LogP contribution in [0.2, 0.25) is 5.02 Å². The third-order valence-corrected chi connectivity index (χ3v) is 7.42. The minimum Gasteiger partial charge on any atom is -0.406 e. The van der Waals surface area contributed by atoms with E-state index in [2.05, 4.69) is 20.7 Å². The fourth-order valence-corrected chi connectivity index (χ4v) is 5.26. The van der Waals surface area contributed by atoms with Crippen LogP contribution < -0.4 is 20.7 Å². The lowest BCUT2D eigenvalue weighted by molar-refractivity contribution is -0.274. The maximum absolute atomic E-state index is 13.2. The second-order valence-corrected chi connectivity index (χ2v) is 10.5. The zero-order valence-corrected chi connectivity index (χ0v) is 23.2. The molecule has 6 nitrogen and oxygen atoms in total. The van der Waals surface area contributed by atoms with Crippen LogP contribution in [0.1, 0.15) is 48.9 Å². The summed E-state index contributed by atoms with van der Waals surface area (Å²) >= 11 is 6.30. The molecule has 0 aromatic heterocycles. The van der Waals surface area contributed by atoms with Gasteiger partial charge in [0.25, 0.3) is 5.91 Å². The first kappa shape index (κ1) is 30.2. The van der Waals surface area contributed by atoms with Crippen molar-refractivity contribution in [2.75, 3.05) is 18.4 Å². The maximum atomic E-state index is 13.2. The molecule has 1 fully saturated rings. The van der Waals surface area contributed by atoms with E-state index in [0.29, 0.717) is 35.2 Å². The van der Waals surface area contributed by atoms with Crippen LogP contribution in [-0.2, 0) is 4.79 Å². The predicted molar refractivity (Wildman–Crippen MR) is 154 cm³/mol. The number of carbonyl (C=O) groups excluding carboxylic acids is 2. The molecule has 1 saturated carbocycles. The average Bonchev–Trinajstić information content (AvgIpc) is 2.96. The van der Waals surface area contributed by atoms with E-state index in [1.54, 1.807) is 12.1 Å². The van der Waals surface area contributed by atoms with E-state index in [1.807, 2.05) is 36.4 Å². The van der Waals surface area contributed by atoms with Crippen LogP contribution in [0.4, 0.5) is 18.9 Å². The normalized spacial score (nSPS) is 14.6. The summed E-state index contributed by atoms with van der Waals surface area (Å²) in [5.74, 6) is -0.549. The quantitative estimate of drug-likeness (QED) is 0.207. The van der Waals surface area contributed by atoms with Crippen molar-refractivity contribution in [1.82, 2.24) is 10.6 Å². The van der Waals surface area contributed by atoms with Gasteiger partial charge in [-0.05, 0) is 60.4 Å². The van der Waals surface area contributed by atoms with E-state index in [-0.39, 0.29) is 24.1 Å². The molecule has 4 rings (SSSR count). The summed E-state index contributed by atoms with van der Waals surface area (Å²) in [5.41, 5.74) is 2.79. The summed E-state index contributed by atoms with van der Waals surface area (Å²) in [6.07, 6.45) is 1.29. The molecule has 0 radical (unpaired) electrons. The number of anilines is 1. The Bertz CT molecular complexity index is 1290. The van der Waals surface area contributed by atoms with Gasteiger partial charge in [-0.2, -0.15) is 0 Å². The van der Waals surface area contributed by atoms with Gasteiger partial charge >= 0.3 is 6.36 Å². The second-order valence-electron chi connectivity index (χ2n) is 10.1. The molecule has 218 valence electrons. The van der Waals surface area contributed by atoms with Crippen molar-refractivity contribution >= 4 is 29.1 Å². The number of benzene rings is 3. The van der Waals surface area contributed by atoms with E-state index in [1.165, 1.54) is 30.7 Å². The molecule has 0 saturated heterocycles. The highest BCUT2D eigenvalue weighted by Crippen LogP contribution is 2.29. The summed E-state index contributed by atoms with van der Waals surface area (Å²) in [6.45, 7) is 0.613. The Labute approximate surface area is 242 Å². The SMILES string of the molecule is O=C(NC(CC1CCCCC1)C(=O)NCCNc1ccc(OC(F)(F)F)cc1)c1ccc(-c2ccccc2Cl)cc1. The highest BCUT2D eigenvalue weighted by Gasteiger charge is 2.31. The molecule has 1 unspecified atom stereocenters. The van der Waals surface area contributed by atoms with Gasteiger partial charge in [-0.3, -0.25) is 9.59 Å². The molecule has 41 heavy (non-hydrogen) atoms. The predicted octanol–water partition coefficient (Wildman–Crippen LogP) is 7.20. The highest BCUT2D eigenvalue weighted by atomic mass is 35.5. The van der Waals surface area contributed by atoms with Crippen LogP contribution in [0.25, 0.3) is 11.1 Å². The zero-order valence-electron chi connectivity index (χ0n) is 22.5. The van der Waals surface area contributed by atoms with Crippen molar-refractivity contribution in [2.45, 2.75) is 50.9 Å². The van der Waals surface area contributed by atoms with E-state index >= 15 is 0 Å². The van der Waals surface area contributed by atoms with E-state index in [0.717, 1.165) is 36.8 Å². The number of nitrogens with one attached hydrogen (secondary N) is 3. The Morgan fingerprint density at radius 1 is 0.902 bits per heavy atom. The van der Waals surface area contributed by atoms with Crippen LogP contribution >= 0.6 is 11.6 Å². The lowest BCUT2D eigenvalue weighted by Gasteiger charge is -2.26. The van der Waals surface area contributed by atoms with E-state index in [9.17, 15) is 22.8 Å². The van der Waals surface area contributed by atoms with Crippen molar-refractivity contribution in [1.29, 1.82) is 0 Å². The first-order chi connectivity index (χ1) is 19.7. The molecule has 0 spiro atoms. The summed E-state index contributed by atoms with van der Waals surface area (Å²) in [6, 6.07) is 19.3. The lowest BCUT2D eigenvalue weighted by atomic mass is 9.84. The minimum absolute atomic E-state index is 0.267. The molecule has 3 aromatic carbocycles. The Morgan fingerprint density at radius 3 is 2.24 bits per heavy atom. The number of carbonyl (C=O) groups is 2. The van der Waals surface area contributed by atoms with Gasteiger partial charge in [0, 0.05) is 34.9 Å². The van der Waals surface area contributed by atoms with Gasteiger partial charge < -0.3 is 20.7 Å². The number of amides is 2. The number of halogens is 4. The van der Waals surface area contributed by atoms with Gasteiger partial charge in [-0.1, -0.05) is 74.0 Å². The first-order valence-electron chi connectivity index (χ1n) is 13.7. The average molecular weight is 588 g/mol. The molecule has 1 aliphatic rings. The van der Waals surface area contributed by atoms with Gasteiger partial charge in [0.1, 0.15) is 11.8 Å². The van der Waals surface area contributed by atoms with Crippen molar-refractivity contribution in [3.63, 3.8) is 0 Å². The van der Waals surface area contributed by atoms with Crippen LogP contribution in [0.15, 0.2) is 72.8 Å². The first-order valence-corrected chi connectivity index (χ1v) is 14.1. The van der Waals surface area contributed by atoms with Gasteiger partial charge in [0.2, 0.25) is 5.91 Å². The molecule has 1 atom stereocenters. The van der Waals surface area contributed by atoms with Crippen LogP contribution in [0.3, 0.4) is 0 Å². The Hall–Kier alpha value is -3.72. The summed E-state index contributed by atoms with van der Waals surface area (Å²) in [7, 11) is 0. The van der Waals surface area contributed by atoms with Crippen LogP contribution in [-0.4, -0.2) is 37.3 Å². The molecule has 0 aliphatic heterocycles. The standard InChI is InChI=1S/C31H33ClF3N3O3/c32-27-9-5-4-8-26(27)22-10-12-23(13-11-22)29(39)38-28(20-21-6-2-1-3-7-21)30(40)37-19-18-36-24-14-16-25(17-15-24)41-31(33,34)35/h4-5,8-17,21,28,36H,1-3,6-7,18-20H2,(H,37,40)(H,38,39). The fourth-order valence-electron chi connectivity index (χ4n) is 5.02. The number of rotatable bonds is 11. The van der Waals surface area contributed by atoms with Crippen molar-refractivity contribution in [3.8, 4) is 16.9 Å². The highest BCUT2D eigenvalue weighted by molar-refractivity contribution is 6.33. The van der Waals surface area contributed by atoms with E-state index in [4.69, 9.17) is 11.6 Å². The third-order valence-electron chi connectivity index (χ3n) is 7.09. The minimum atomic E-state index is -4.75. The molecule has 3 aromatic rings.